The lowest BCUT2D eigenvalue weighted by Crippen LogP contribution is -2.22. The molecule has 2 aromatic carbocycles. The van der Waals surface area contributed by atoms with Crippen LogP contribution in [0.4, 0.5) is 0 Å². The molecule has 0 aliphatic rings. The zero-order valence-electron chi connectivity index (χ0n) is 9.86. The molecule has 0 aliphatic carbocycles. The van der Waals surface area contributed by atoms with Crippen LogP contribution in [0, 0.1) is 3.57 Å². The number of rotatable bonds is 3. The third-order valence-corrected chi connectivity index (χ3v) is 3.45. The Morgan fingerprint density at radius 3 is 2.79 bits per heavy atom. The van der Waals surface area contributed by atoms with Crippen LogP contribution in [0.15, 0.2) is 42.5 Å². The highest BCUT2D eigenvalue weighted by Crippen LogP contribution is 2.19. The molecule has 0 aromatic heterocycles. The number of aromatic hydroxyl groups is 1. The second-order valence-corrected chi connectivity index (χ2v) is 5.66. The summed E-state index contributed by atoms with van der Waals surface area (Å²) in [6.07, 6.45) is 0. The molecule has 0 atom stereocenters. The van der Waals surface area contributed by atoms with Crippen molar-refractivity contribution in [2.45, 2.75) is 6.54 Å². The van der Waals surface area contributed by atoms with Crippen molar-refractivity contribution in [1.29, 1.82) is 0 Å². The first-order valence-corrected chi connectivity index (χ1v) is 7.03. The molecule has 0 spiro atoms. The molecule has 0 radical (unpaired) electrons. The molecule has 2 rings (SSSR count). The zero-order chi connectivity index (χ0) is 13.8. The lowest BCUT2D eigenvalue weighted by molar-refractivity contribution is 0.0948. The largest absolute Gasteiger partial charge is 0.507 e. The summed E-state index contributed by atoms with van der Waals surface area (Å²) in [7, 11) is 0. The lowest BCUT2D eigenvalue weighted by atomic mass is 10.1. The SMILES string of the molecule is O=C(NCc1cccc(Cl)c1)c1cc(I)ccc1O. The highest BCUT2D eigenvalue weighted by atomic mass is 127. The zero-order valence-corrected chi connectivity index (χ0v) is 12.8. The maximum Gasteiger partial charge on any atom is 0.255 e. The molecule has 98 valence electrons. The molecule has 0 saturated carbocycles. The van der Waals surface area contributed by atoms with Gasteiger partial charge in [0.05, 0.1) is 5.56 Å². The first kappa shape index (κ1) is 14.1. The Balaban J connectivity index is 2.07. The molecule has 0 aliphatic heterocycles. The number of phenolic OH excluding ortho intramolecular Hbond substituents is 1. The van der Waals surface area contributed by atoms with Gasteiger partial charge in [0.25, 0.3) is 5.91 Å². The van der Waals surface area contributed by atoms with Crippen LogP contribution in [0.25, 0.3) is 0 Å². The summed E-state index contributed by atoms with van der Waals surface area (Å²) in [6, 6.07) is 12.2. The van der Waals surface area contributed by atoms with Gasteiger partial charge in [0.1, 0.15) is 5.75 Å². The van der Waals surface area contributed by atoms with Crippen molar-refractivity contribution in [2.24, 2.45) is 0 Å². The summed E-state index contributed by atoms with van der Waals surface area (Å²) in [5.41, 5.74) is 1.18. The molecule has 2 N–H and O–H groups in total. The van der Waals surface area contributed by atoms with Gasteiger partial charge in [0.2, 0.25) is 0 Å². The van der Waals surface area contributed by atoms with Gasteiger partial charge in [-0.25, -0.2) is 0 Å². The summed E-state index contributed by atoms with van der Waals surface area (Å²) in [6.45, 7) is 0.365. The molecule has 0 saturated heterocycles. The van der Waals surface area contributed by atoms with E-state index in [0.717, 1.165) is 9.13 Å². The first-order chi connectivity index (χ1) is 9.06. The van der Waals surface area contributed by atoms with E-state index in [1.54, 1.807) is 24.3 Å². The molecular weight excluding hydrogens is 377 g/mol. The smallest absolute Gasteiger partial charge is 0.255 e. The standard InChI is InChI=1S/C14H11ClINO2/c15-10-3-1-2-9(6-10)8-17-14(19)12-7-11(16)4-5-13(12)18/h1-7,18H,8H2,(H,17,19). The molecule has 0 heterocycles. The van der Waals surface area contributed by atoms with E-state index in [-0.39, 0.29) is 17.2 Å². The summed E-state index contributed by atoms with van der Waals surface area (Å²) >= 11 is 7.96. The van der Waals surface area contributed by atoms with Crippen LogP contribution in [0.3, 0.4) is 0 Å². The molecular formula is C14H11ClINO2. The maximum atomic E-state index is 12.0. The average molecular weight is 388 g/mol. The van der Waals surface area contributed by atoms with Crippen molar-refractivity contribution < 1.29 is 9.90 Å². The number of phenols is 1. The fraction of sp³-hybridized carbons (Fsp3) is 0.0714. The monoisotopic (exact) mass is 387 g/mol. The number of amides is 1. The Hall–Kier alpha value is -1.27. The lowest BCUT2D eigenvalue weighted by Gasteiger charge is -2.07. The molecule has 3 nitrogen and oxygen atoms in total. The van der Waals surface area contributed by atoms with E-state index >= 15 is 0 Å². The maximum absolute atomic E-state index is 12.0. The average Bonchev–Trinajstić information content (AvgIpc) is 2.39. The molecule has 2 aromatic rings. The van der Waals surface area contributed by atoms with Gasteiger partial charge in [0, 0.05) is 15.1 Å². The summed E-state index contributed by atoms with van der Waals surface area (Å²) < 4.78 is 0.892. The number of benzene rings is 2. The quantitative estimate of drug-likeness (QED) is 0.791. The Kier molecular flexibility index (Phi) is 4.66. The van der Waals surface area contributed by atoms with E-state index in [4.69, 9.17) is 11.6 Å². The van der Waals surface area contributed by atoms with Gasteiger partial charge in [-0.05, 0) is 58.5 Å². The van der Waals surface area contributed by atoms with Crippen molar-refractivity contribution in [3.8, 4) is 5.75 Å². The van der Waals surface area contributed by atoms with Crippen LogP contribution in [-0.4, -0.2) is 11.0 Å². The molecule has 0 fully saturated rings. The number of hydrogen-bond donors (Lipinski definition) is 2. The Morgan fingerprint density at radius 1 is 1.26 bits per heavy atom. The van der Waals surface area contributed by atoms with Crippen molar-refractivity contribution in [1.82, 2.24) is 5.32 Å². The van der Waals surface area contributed by atoms with E-state index in [1.807, 2.05) is 12.1 Å². The van der Waals surface area contributed by atoms with E-state index < -0.39 is 0 Å². The highest BCUT2D eigenvalue weighted by Gasteiger charge is 2.11. The van der Waals surface area contributed by atoms with E-state index in [0.29, 0.717) is 11.6 Å². The number of halogens is 2. The van der Waals surface area contributed by atoms with E-state index in [1.165, 1.54) is 6.07 Å². The predicted molar refractivity (Wildman–Crippen MR) is 83.4 cm³/mol. The van der Waals surface area contributed by atoms with Gasteiger partial charge in [-0.3, -0.25) is 4.79 Å². The van der Waals surface area contributed by atoms with E-state index in [9.17, 15) is 9.90 Å². The Labute approximate surface area is 129 Å². The number of carbonyl (C=O) groups is 1. The van der Waals surface area contributed by atoms with Crippen LogP contribution in [0.2, 0.25) is 5.02 Å². The molecule has 1 amide bonds. The second kappa shape index (κ2) is 6.25. The first-order valence-electron chi connectivity index (χ1n) is 5.57. The molecule has 5 heteroatoms. The van der Waals surface area contributed by atoms with Crippen LogP contribution in [-0.2, 0) is 6.54 Å². The molecule has 0 bridgehead atoms. The predicted octanol–water partition coefficient (Wildman–Crippen LogP) is 3.58. The van der Waals surface area contributed by atoms with Crippen molar-refractivity contribution in [3.63, 3.8) is 0 Å². The fourth-order valence-electron chi connectivity index (χ4n) is 1.61. The highest BCUT2D eigenvalue weighted by molar-refractivity contribution is 14.1. The van der Waals surface area contributed by atoms with Gasteiger partial charge < -0.3 is 10.4 Å². The number of nitrogens with one attached hydrogen (secondary N) is 1. The summed E-state index contributed by atoms with van der Waals surface area (Å²) in [5.74, 6) is -0.333. The summed E-state index contributed by atoms with van der Waals surface area (Å²) in [4.78, 5) is 12.0. The topological polar surface area (TPSA) is 49.3 Å². The van der Waals surface area contributed by atoms with Crippen molar-refractivity contribution in [3.05, 3.63) is 62.2 Å². The minimum absolute atomic E-state index is 0.0241. The van der Waals surface area contributed by atoms with Crippen LogP contribution >= 0.6 is 34.2 Å². The molecule has 0 unspecified atom stereocenters. The Bertz CT molecular complexity index is 616. The summed E-state index contributed by atoms with van der Waals surface area (Å²) in [5, 5.41) is 13.0. The van der Waals surface area contributed by atoms with Gasteiger partial charge in [0.15, 0.2) is 0 Å². The normalized spacial score (nSPS) is 10.2. The number of hydrogen-bond acceptors (Lipinski definition) is 2. The fourth-order valence-corrected chi connectivity index (χ4v) is 2.32. The van der Waals surface area contributed by atoms with Gasteiger partial charge >= 0.3 is 0 Å². The van der Waals surface area contributed by atoms with Crippen LogP contribution in [0.5, 0.6) is 5.75 Å². The van der Waals surface area contributed by atoms with Gasteiger partial charge in [-0.1, -0.05) is 23.7 Å². The third-order valence-electron chi connectivity index (χ3n) is 2.55. The van der Waals surface area contributed by atoms with Gasteiger partial charge in [-0.2, -0.15) is 0 Å². The molecule has 19 heavy (non-hydrogen) atoms. The van der Waals surface area contributed by atoms with E-state index in [2.05, 4.69) is 27.9 Å². The van der Waals surface area contributed by atoms with Crippen LogP contribution < -0.4 is 5.32 Å². The van der Waals surface area contributed by atoms with Crippen molar-refractivity contribution >= 4 is 40.1 Å². The second-order valence-electron chi connectivity index (χ2n) is 3.97. The van der Waals surface area contributed by atoms with Crippen molar-refractivity contribution in [2.75, 3.05) is 0 Å². The number of carbonyl (C=O) groups excluding carboxylic acids is 1. The minimum Gasteiger partial charge on any atom is -0.507 e. The van der Waals surface area contributed by atoms with Crippen LogP contribution in [0.1, 0.15) is 15.9 Å². The Morgan fingerprint density at radius 2 is 2.05 bits per heavy atom. The minimum atomic E-state index is -0.309. The third kappa shape index (κ3) is 3.84. The van der Waals surface area contributed by atoms with Gasteiger partial charge in [-0.15, -0.1) is 0 Å².